The minimum atomic E-state index is -1.60. The number of aromatic nitrogens is 2. The largest absolute Gasteiger partial charge is 0.478 e. The summed E-state index contributed by atoms with van der Waals surface area (Å²) in [6.45, 7) is 9.67. The van der Waals surface area contributed by atoms with Crippen molar-refractivity contribution in [2.45, 2.75) is 89.9 Å². The van der Waals surface area contributed by atoms with E-state index in [-0.39, 0.29) is 47.4 Å². The summed E-state index contributed by atoms with van der Waals surface area (Å²) in [7, 11) is 0. The molecule has 10 rings (SSSR count). The van der Waals surface area contributed by atoms with Crippen LogP contribution in [0.5, 0.6) is 0 Å². The van der Waals surface area contributed by atoms with Crippen LogP contribution in [0.15, 0.2) is 146 Å². The van der Waals surface area contributed by atoms with Crippen LogP contribution in [0.4, 0.5) is 26.3 Å². The number of hydrogen-bond donors (Lipinski definition) is 2. The number of carboxylic acid groups (broad SMARTS) is 2. The number of pyridine rings is 2. The molecule has 14 heteroatoms. The third kappa shape index (κ3) is 12.3. The van der Waals surface area contributed by atoms with E-state index in [2.05, 4.69) is 22.1 Å². The normalized spacial score (nSPS) is 18.0. The van der Waals surface area contributed by atoms with Gasteiger partial charge < -0.3 is 10.2 Å². The minimum Gasteiger partial charge on any atom is -0.478 e. The van der Waals surface area contributed by atoms with Crippen molar-refractivity contribution in [3.05, 3.63) is 214 Å². The number of hydrogen-bond acceptors (Lipinski definition) is 6. The van der Waals surface area contributed by atoms with Gasteiger partial charge in [-0.15, -0.1) is 0 Å². The third-order valence-corrected chi connectivity index (χ3v) is 14.3. The number of alkyl halides is 2. The summed E-state index contributed by atoms with van der Waals surface area (Å²) in [6.07, 6.45) is 8.62. The topological polar surface area (TPSA) is 107 Å². The molecule has 0 saturated carbocycles. The molecule has 2 aliphatic heterocycles. The van der Waals surface area contributed by atoms with Crippen LogP contribution in [0.2, 0.25) is 0 Å². The SMILES string of the molecule is C[C@@H]1Cc2cc(-c3ccc4ncccc4c3)ccc2[C@@H](c2c(F)cc(/C=C/C(=O)O)cc2F)N1CC(C)(C)F.C[C@H]1Cc2cc(-c3ccc4ncccc4c3)ccc2[C@H](c2c(F)cc(/C=C/C(=O)O)cc2F)N1CC(C)(C)F. The molecule has 4 atom stereocenters. The van der Waals surface area contributed by atoms with Crippen LogP contribution in [-0.4, -0.2) is 78.4 Å². The first kappa shape index (κ1) is 54.8. The lowest BCUT2D eigenvalue weighted by Crippen LogP contribution is -2.48. The average molecular weight is 1060 g/mol. The van der Waals surface area contributed by atoms with E-state index in [0.717, 1.165) is 115 Å². The summed E-state index contributed by atoms with van der Waals surface area (Å²) in [4.78, 5) is 34.2. The van der Waals surface area contributed by atoms with E-state index < -0.39 is 58.6 Å². The van der Waals surface area contributed by atoms with Crippen LogP contribution >= 0.6 is 0 Å². The van der Waals surface area contributed by atoms with Gasteiger partial charge in [0.2, 0.25) is 0 Å². The molecule has 6 aromatic carbocycles. The molecule has 8 nitrogen and oxygen atoms in total. The molecule has 0 bridgehead atoms. The molecule has 0 amide bonds. The number of aliphatic carboxylic acids is 2. The maximum atomic E-state index is 15.6. The lowest BCUT2D eigenvalue weighted by Gasteiger charge is -2.44. The highest BCUT2D eigenvalue weighted by molar-refractivity contribution is 5.87. The fourth-order valence-corrected chi connectivity index (χ4v) is 11.0. The highest BCUT2D eigenvalue weighted by Crippen LogP contribution is 2.45. The van der Waals surface area contributed by atoms with Crippen LogP contribution in [0, 0.1) is 23.3 Å². The molecular formula is C64H58F6N4O4. The van der Waals surface area contributed by atoms with Crippen LogP contribution in [-0.2, 0) is 22.4 Å². The quantitative estimate of drug-likeness (QED) is 0.0920. The van der Waals surface area contributed by atoms with Gasteiger partial charge in [0.15, 0.2) is 0 Å². The first-order valence-corrected chi connectivity index (χ1v) is 25.7. The Morgan fingerprint density at radius 1 is 0.538 bits per heavy atom. The Morgan fingerprint density at radius 3 is 1.23 bits per heavy atom. The summed E-state index contributed by atoms with van der Waals surface area (Å²) in [5.41, 5.74) is 5.70. The summed E-state index contributed by atoms with van der Waals surface area (Å²) in [5.74, 6) is -5.67. The van der Waals surface area contributed by atoms with Gasteiger partial charge in [0.1, 0.15) is 34.6 Å². The molecule has 0 radical (unpaired) electrons. The number of rotatable bonds is 12. The Balaban J connectivity index is 0.000000190. The predicted octanol–water partition coefficient (Wildman–Crippen LogP) is 14.7. The van der Waals surface area contributed by atoms with Crippen molar-refractivity contribution in [1.82, 2.24) is 19.8 Å². The number of carbonyl (C=O) groups is 2. The molecule has 0 aliphatic carbocycles. The number of nitrogens with zero attached hydrogens (tertiary/aromatic N) is 4. The standard InChI is InChI=1S/2C32H29F3N2O2/c2*1-19-13-24-17-21(22-8-10-28-23(16-22)5-4-12-36-28)7-9-25(24)31(37(19)18-32(2,3)35)30-26(33)14-20(15-27(30)34)6-11-29(38)39/h2*4-12,14-17,19,31H,13,18H2,1-3H3,(H,38,39)/b2*11-6+/t2*19-,31+/m10/s1. The molecule has 0 fully saturated rings. The summed E-state index contributed by atoms with van der Waals surface area (Å²) in [5, 5.41) is 19.8. The second kappa shape index (κ2) is 22.2. The zero-order valence-corrected chi connectivity index (χ0v) is 43.9. The molecule has 78 heavy (non-hydrogen) atoms. The van der Waals surface area contributed by atoms with Gasteiger partial charge in [0.05, 0.1) is 23.1 Å². The summed E-state index contributed by atoms with van der Waals surface area (Å²) in [6, 6.07) is 33.9. The van der Waals surface area contributed by atoms with Gasteiger partial charge in [-0.05, 0) is 183 Å². The van der Waals surface area contributed by atoms with Crippen molar-refractivity contribution in [3.8, 4) is 22.3 Å². The van der Waals surface area contributed by atoms with Crippen molar-refractivity contribution in [2.24, 2.45) is 0 Å². The minimum absolute atomic E-state index is 0.0166. The molecular weight excluding hydrogens is 1000 g/mol. The van der Waals surface area contributed by atoms with Crippen LogP contribution in [0.3, 0.4) is 0 Å². The van der Waals surface area contributed by atoms with E-state index in [1.54, 1.807) is 12.4 Å². The van der Waals surface area contributed by atoms with Gasteiger partial charge in [-0.2, -0.15) is 0 Å². The van der Waals surface area contributed by atoms with Crippen molar-refractivity contribution in [1.29, 1.82) is 0 Å². The maximum absolute atomic E-state index is 15.6. The summed E-state index contributed by atoms with van der Waals surface area (Å²) >= 11 is 0. The fourth-order valence-electron chi connectivity index (χ4n) is 11.0. The van der Waals surface area contributed by atoms with Crippen molar-refractivity contribution in [2.75, 3.05) is 13.1 Å². The van der Waals surface area contributed by atoms with Gasteiger partial charge in [-0.1, -0.05) is 60.7 Å². The molecule has 0 unspecified atom stereocenters. The first-order chi connectivity index (χ1) is 37.0. The van der Waals surface area contributed by atoms with Gasteiger partial charge in [0.25, 0.3) is 0 Å². The maximum Gasteiger partial charge on any atom is 0.328 e. The molecule has 0 saturated heterocycles. The van der Waals surface area contributed by atoms with E-state index >= 15 is 17.6 Å². The van der Waals surface area contributed by atoms with E-state index in [9.17, 15) is 18.4 Å². The van der Waals surface area contributed by atoms with Crippen LogP contribution < -0.4 is 0 Å². The molecule has 0 spiro atoms. The van der Waals surface area contributed by atoms with Gasteiger partial charge in [0, 0.05) is 71.6 Å². The Kier molecular flexibility index (Phi) is 15.6. The van der Waals surface area contributed by atoms with Gasteiger partial charge in [-0.25, -0.2) is 35.9 Å². The second-order valence-electron chi connectivity index (χ2n) is 21.5. The number of fused-ring (bicyclic) bond motifs is 4. The Labute approximate surface area is 449 Å². The third-order valence-electron chi connectivity index (χ3n) is 14.3. The highest BCUT2D eigenvalue weighted by atomic mass is 19.2. The van der Waals surface area contributed by atoms with Crippen LogP contribution in [0.25, 0.3) is 56.2 Å². The fraction of sp³-hybridized carbons (Fsp3) is 0.250. The van der Waals surface area contributed by atoms with Crippen molar-refractivity contribution >= 4 is 45.9 Å². The molecule has 2 N–H and O–H groups in total. The Bertz CT molecular complexity index is 3380. The smallest absolute Gasteiger partial charge is 0.328 e. The highest BCUT2D eigenvalue weighted by Gasteiger charge is 2.41. The lowest BCUT2D eigenvalue weighted by atomic mass is 9.82. The zero-order chi connectivity index (χ0) is 55.8. The monoisotopic (exact) mass is 1060 g/mol. The molecule has 400 valence electrons. The molecule has 2 aliphatic rings. The predicted molar refractivity (Wildman–Crippen MR) is 294 cm³/mol. The molecule has 2 aromatic heterocycles. The van der Waals surface area contributed by atoms with Crippen molar-refractivity contribution in [3.63, 3.8) is 0 Å². The van der Waals surface area contributed by atoms with Crippen molar-refractivity contribution < 1.29 is 46.1 Å². The van der Waals surface area contributed by atoms with Gasteiger partial charge in [-0.3, -0.25) is 19.8 Å². The van der Waals surface area contributed by atoms with E-state index in [4.69, 9.17) is 10.2 Å². The van der Waals surface area contributed by atoms with E-state index in [0.29, 0.717) is 12.8 Å². The van der Waals surface area contributed by atoms with Gasteiger partial charge >= 0.3 is 11.9 Å². The van der Waals surface area contributed by atoms with E-state index in [1.165, 1.54) is 27.7 Å². The van der Waals surface area contributed by atoms with Crippen LogP contribution in [0.1, 0.15) is 98.1 Å². The lowest BCUT2D eigenvalue weighted by molar-refractivity contribution is -0.132. The number of halogens is 6. The number of carboxylic acids is 2. The zero-order valence-electron chi connectivity index (χ0n) is 43.9. The first-order valence-electron chi connectivity index (χ1n) is 25.7. The Morgan fingerprint density at radius 2 is 0.885 bits per heavy atom. The Hall–Kier alpha value is -7.94. The van der Waals surface area contributed by atoms with E-state index in [1.807, 2.05) is 109 Å². The second-order valence-corrected chi connectivity index (χ2v) is 21.5. The molecule has 4 heterocycles. The molecule has 8 aromatic rings. The number of benzene rings is 6. The average Bonchev–Trinajstić information content (AvgIpc) is 3.48. The summed E-state index contributed by atoms with van der Waals surface area (Å²) < 4.78 is 92.3.